The first kappa shape index (κ1) is 13.9. The predicted octanol–water partition coefficient (Wildman–Crippen LogP) is 1.27. The molecule has 3 rings (SSSR count). The number of benzene rings is 1. The molecular weight excluding hydrogens is 275 g/mol. The van der Waals surface area contributed by atoms with Gasteiger partial charge in [0.2, 0.25) is 5.91 Å². The third-order valence-electron chi connectivity index (χ3n) is 4.30. The minimum Gasteiger partial charge on any atom is -0.507 e. The number of amides is 2. The summed E-state index contributed by atoms with van der Waals surface area (Å²) in [5, 5.41) is 12.7. The van der Waals surface area contributed by atoms with E-state index < -0.39 is 5.82 Å². The Bertz CT molecular complexity index is 590. The summed E-state index contributed by atoms with van der Waals surface area (Å²) >= 11 is 0. The molecule has 0 aliphatic carbocycles. The second kappa shape index (κ2) is 5.35. The van der Waals surface area contributed by atoms with Crippen LogP contribution in [0.3, 0.4) is 0 Å². The zero-order valence-electron chi connectivity index (χ0n) is 11.5. The molecule has 6 heteroatoms. The topological polar surface area (TPSA) is 69.6 Å². The molecule has 2 fully saturated rings. The van der Waals surface area contributed by atoms with Gasteiger partial charge in [0.15, 0.2) is 0 Å². The van der Waals surface area contributed by atoms with Gasteiger partial charge in [-0.05, 0) is 37.0 Å². The highest BCUT2D eigenvalue weighted by molar-refractivity contribution is 5.97. The van der Waals surface area contributed by atoms with E-state index in [-0.39, 0.29) is 35.1 Å². The number of aromatic hydroxyl groups is 1. The number of fused-ring (bicyclic) bond motifs is 1. The standard InChI is InChI=1S/C15H17FN2O3/c16-10-2-3-13(19)11(7-10)15(21)18-6-5-12-9(8-18)1-4-14(20)17-12/h2-3,7,9,12,19H,1,4-6,8H2,(H,17,20). The van der Waals surface area contributed by atoms with Gasteiger partial charge in [0.25, 0.3) is 5.91 Å². The van der Waals surface area contributed by atoms with Gasteiger partial charge >= 0.3 is 0 Å². The number of likely N-dealkylation sites (tertiary alicyclic amines) is 1. The monoisotopic (exact) mass is 292 g/mol. The molecule has 2 aliphatic heterocycles. The molecule has 2 amide bonds. The van der Waals surface area contributed by atoms with Crippen molar-refractivity contribution < 1.29 is 19.1 Å². The molecule has 2 heterocycles. The molecule has 0 aromatic heterocycles. The van der Waals surface area contributed by atoms with E-state index >= 15 is 0 Å². The number of phenols is 1. The van der Waals surface area contributed by atoms with Crippen LogP contribution in [0.4, 0.5) is 4.39 Å². The number of hydrogen-bond acceptors (Lipinski definition) is 3. The molecule has 0 spiro atoms. The van der Waals surface area contributed by atoms with Gasteiger partial charge in [-0.25, -0.2) is 4.39 Å². The second-order valence-electron chi connectivity index (χ2n) is 5.67. The van der Waals surface area contributed by atoms with Crippen LogP contribution in [-0.4, -0.2) is 41.0 Å². The highest BCUT2D eigenvalue weighted by Gasteiger charge is 2.35. The van der Waals surface area contributed by atoms with Gasteiger partial charge in [-0.15, -0.1) is 0 Å². The normalized spacial score (nSPS) is 25.2. The molecule has 2 N–H and O–H groups in total. The van der Waals surface area contributed by atoms with Crippen LogP contribution in [0.1, 0.15) is 29.6 Å². The Morgan fingerprint density at radius 2 is 2.19 bits per heavy atom. The van der Waals surface area contributed by atoms with Crippen molar-refractivity contribution in [1.29, 1.82) is 0 Å². The van der Waals surface area contributed by atoms with Gasteiger partial charge in [-0.3, -0.25) is 9.59 Å². The Hall–Kier alpha value is -2.11. The van der Waals surface area contributed by atoms with E-state index in [1.165, 1.54) is 6.07 Å². The van der Waals surface area contributed by atoms with E-state index in [2.05, 4.69) is 5.32 Å². The maximum Gasteiger partial charge on any atom is 0.257 e. The predicted molar refractivity (Wildman–Crippen MR) is 73.2 cm³/mol. The lowest BCUT2D eigenvalue weighted by molar-refractivity contribution is -0.125. The van der Waals surface area contributed by atoms with Crippen molar-refractivity contribution in [1.82, 2.24) is 10.2 Å². The summed E-state index contributed by atoms with van der Waals surface area (Å²) in [5.41, 5.74) is -0.00621. The molecule has 5 nitrogen and oxygen atoms in total. The van der Waals surface area contributed by atoms with E-state index in [1.54, 1.807) is 4.90 Å². The fourth-order valence-electron chi connectivity index (χ4n) is 3.14. The fourth-order valence-corrected chi connectivity index (χ4v) is 3.14. The first-order valence-corrected chi connectivity index (χ1v) is 7.12. The Morgan fingerprint density at radius 1 is 1.38 bits per heavy atom. The van der Waals surface area contributed by atoms with Crippen molar-refractivity contribution in [2.45, 2.75) is 25.3 Å². The maximum atomic E-state index is 13.3. The van der Waals surface area contributed by atoms with Crippen molar-refractivity contribution in [2.24, 2.45) is 5.92 Å². The van der Waals surface area contributed by atoms with E-state index in [1.807, 2.05) is 0 Å². The number of hydrogen-bond donors (Lipinski definition) is 2. The van der Waals surface area contributed by atoms with Gasteiger partial charge in [0, 0.05) is 25.6 Å². The summed E-state index contributed by atoms with van der Waals surface area (Å²) in [6.07, 6.45) is 1.93. The van der Waals surface area contributed by atoms with Crippen LogP contribution in [-0.2, 0) is 4.79 Å². The zero-order chi connectivity index (χ0) is 15.0. The lowest BCUT2D eigenvalue weighted by Crippen LogP contribution is -2.55. The lowest BCUT2D eigenvalue weighted by atomic mass is 9.85. The molecule has 0 saturated carbocycles. The third-order valence-corrected chi connectivity index (χ3v) is 4.30. The van der Waals surface area contributed by atoms with E-state index in [9.17, 15) is 19.1 Å². The number of nitrogens with one attached hydrogen (secondary N) is 1. The van der Waals surface area contributed by atoms with Crippen molar-refractivity contribution in [3.63, 3.8) is 0 Å². The molecule has 1 aromatic rings. The molecule has 2 atom stereocenters. The van der Waals surface area contributed by atoms with Crippen LogP contribution in [0, 0.1) is 11.7 Å². The zero-order valence-corrected chi connectivity index (χ0v) is 11.5. The summed E-state index contributed by atoms with van der Waals surface area (Å²) in [4.78, 5) is 25.4. The van der Waals surface area contributed by atoms with Crippen molar-refractivity contribution in [3.8, 4) is 5.75 Å². The molecule has 2 unspecified atom stereocenters. The fraction of sp³-hybridized carbons (Fsp3) is 0.467. The molecule has 2 saturated heterocycles. The number of nitrogens with zero attached hydrogens (tertiary/aromatic N) is 1. The molecule has 0 bridgehead atoms. The average Bonchev–Trinajstić information content (AvgIpc) is 2.48. The second-order valence-corrected chi connectivity index (χ2v) is 5.67. The Kier molecular flexibility index (Phi) is 3.53. The number of halogens is 1. The first-order valence-electron chi connectivity index (χ1n) is 7.12. The molecule has 0 radical (unpaired) electrons. The smallest absolute Gasteiger partial charge is 0.257 e. The summed E-state index contributed by atoms with van der Waals surface area (Å²) in [7, 11) is 0. The Balaban J connectivity index is 1.74. The van der Waals surface area contributed by atoms with E-state index in [0.717, 1.165) is 18.6 Å². The third kappa shape index (κ3) is 2.70. The number of piperidine rings is 2. The van der Waals surface area contributed by atoms with Gasteiger partial charge < -0.3 is 15.3 Å². The summed E-state index contributed by atoms with van der Waals surface area (Å²) in [6.45, 7) is 1.02. The van der Waals surface area contributed by atoms with E-state index in [0.29, 0.717) is 25.9 Å². The number of rotatable bonds is 1. The molecule has 112 valence electrons. The number of carbonyl (C=O) groups is 2. The SMILES string of the molecule is O=C1CCC2CN(C(=O)c3cc(F)ccc3O)CCC2N1. The molecule has 2 aliphatic rings. The van der Waals surface area contributed by atoms with Crippen LogP contribution in [0.2, 0.25) is 0 Å². The quantitative estimate of drug-likeness (QED) is 0.819. The highest BCUT2D eigenvalue weighted by Crippen LogP contribution is 2.28. The summed E-state index contributed by atoms with van der Waals surface area (Å²) < 4.78 is 13.3. The summed E-state index contributed by atoms with van der Waals surface area (Å²) in [5.74, 6) is -0.811. The maximum absolute atomic E-state index is 13.3. The first-order chi connectivity index (χ1) is 10.0. The number of phenolic OH excluding ortho intramolecular Hbond substituents is 1. The van der Waals surface area contributed by atoms with Crippen molar-refractivity contribution in [2.75, 3.05) is 13.1 Å². The highest BCUT2D eigenvalue weighted by atomic mass is 19.1. The van der Waals surface area contributed by atoms with Crippen molar-refractivity contribution >= 4 is 11.8 Å². The van der Waals surface area contributed by atoms with Gasteiger partial charge in [0.05, 0.1) is 5.56 Å². The van der Waals surface area contributed by atoms with Crippen LogP contribution >= 0.6 is 0 Å². The minimum absolute atomic E-state index is 0.00621. The van der Waals surface area contributed by atoms with Crippen molar-refractivity contribution in [3.05, 3.63) is 29.6 Å². The van der Waals surface area contributed by atoms with Crippen LogP contribution in [0.25, 0.3) is 0 Å². The van der Waals surface area contributed by atoms with Gasteiger partial charge in [-0.1, -0.05) is 0 Å². The molecular formula is C15H17FN2O3. The van der Waals surface area contributed by atoms with Crippen LogP contribution in [0.15, 0.2) is 18.2 Å². The summed E-state index contributed by atoms with van der Waals surface area (Å²) in [6, 6.07) is 3.49. The van der Waals surface area contributed by atoms with E-state index in [4.69, 9.17) is 0 Å². The Labute approximate surface area is 121 Å². The average molecular weight is 292 g/mol. The molecule has 1 aromatic carbocycles. The molecule has 21 heavy (non-hydrogen) atoms. The largest absolute Gasteiger partial charge is 0.507 e. The lowest BCUT2D eigenvalue weighted by Gasteiger charge is -2.41. The number of carbonyl (C=O) groups excluding carboxylic acids is 2. The van der Waals surface area contributed by atoms with Crippen LogP contribution < -0.4 is 5.32 Å². The van der Waals surface area contributed by atoms with Gasteiger partial charge in [0.1, 0.15) is 11.6 Å². The minimum atomic E-state index is -0.545. The Morgan fingerprint density at radius 3 is 3.00 bits per heavy atom. The van der Waals surface area contributed by atoms with Crippen LogP contribution in [0.5, 0.6) is 5.75 Å². The van der Waals surface area contributed by atoms with Gasteiger partial charge in [-0.2, -0.15) is 0 Å².